The molecular weight excluding hydrogens is 345 g/mol. The highest BCUT2D eigenvalue weighted by Gasteiger charge is 2.13. The summed E-state index contributed by atoms with van der Waals surface area (Å²) >= 11 is 0. The van der Waals surface area contributed by atoms with Gasteiger partial charge in [0.1, 0.15) is 11.5 Å². The number of halogens is 1. The average molecular weight is 361 g/mol. The molecule has 6 nitrogen and oxygen atoms in total. The molecule has 1 N–H and O–H groups in total. The van der Waals surface area contributed by atoms with Crippen molar-refractivity contribution in [1.82, 2.24) is 19.7 Å². The summed E-state index contributed by atoms with van der Waals surface area (Å²) in [5.41, 5.74) is 3.81. The highest BCUT2D eigenvalue weighted by Crippen LogP contribution is 2.23. The first-order valence-electron chi connectivity index (χ1n) is 8.35. The van der Waals surface area contributed by atoms with E-state index in [9.17, 15) is 9.18 Å². The van der Waals surface area contributed by atoms with Crippen LogP contribution in [0.1, 0.15) is 16.2 Å². The van der Waals surface area contributed by atoms with Gasteiger partial charge in [0.2, 0.25) is 0 Å². The largest absolute Gasteiger partial charge is 0.319 e. The van der Waals surface area contributed by atoms with Crippen molar-refractivity contribution in [3.05, 3.63) is 71.9 Å². The Morgan fingerprint density at radius 2 is 1.81 bits per heavy atom. The molecule has 0 bridgehead atoms. The van der Waals surface area contributed by atoms with Gasteiger partial charge >= 0.3 is 0 Å². The van der Waals surface area contributed by atoms with E-state index in [1.807, 2.05) is 13.0 Å². The standard InChI is InChI=1S/C20H16FN5O/c1-12-15(25-20(27)19-9-10-22-26(19)2)7-8-17(23-12)18-5-3-13-11-14(21)4-6-16(13)24-18/h3-11H,1-2H3,(H,25,27). The van der Waals surface area contributed by atoms with Gasteiger partial charge < -0.3 is 5.32 Å². The summed E-state index contributed by atoms with van der Waals surface area (Å²) in [6.45, 7) is 1.82. The van der Waals surface area contributed by atoms with Crippen LogP contribution in [0.15, 0.2) is 54.7 Å². The first-order chi connectivity index (χ1) is 13.0. The Balaban J connectivity index is 1.62. The fourth-order valence-electron chi connectivity index (χ4n) is 2.86. The number of nitrogens with one attached hydrogen (secondary N) is 1. The monoisotopic (exact) mass is 361 g/mol. The van der Waals surface area contributed by atoms with Crippen LogP contribution in [0.4, 0.5) is 10.1 Å². The number of hydrogen-bond donors (Lipinski definition) is 1. The number of nitrogens with zero attached hydrogens (tertiary/aromatic N) is 4. The molecule has 27 heavy (non-hydrogen) atoms. The third-order valence-corrected chi connectivity index (χ3v) is 4.30. The summed E-state index contributed by atoms with van der Waals surface area (Å²) < 4.78 is 14.8. The molecule has 0 spiro atoms. The molecule has 0 fully saturated rings. The maximum atomic E-state index is 13.3. The van der Waals surface area contributed by atoms with Crippen molar-refractivity contribution in [2.75, 3.05) is 5.32 Å². The third kappa shape index (κ3) is 3.27. The van der Waals surface area contributed by atoms with Crippen LogP contribution >= 0.6 is 0 Å². The van der Waals surface area contributed by atoms with Crippen LogP contribution < -0.4 is 5.32 Å². The van der Waals surface area contributed by atoms with E-state index in [0.717, 1.165) is 5.39 Å². The van der Waals surface area contributed by atoms with E-state index in [1.54, 1.807) is 43.6 Å². The molecule has 4 aromatic rings. The molecule has 0 atom stereocenters. The fraction of sp³-hybridized carbons (Fsp3) is 0.100. The summed E-state index contributed by atoms with van der Waals surface area (Å²) in [6, 6.07) is 13.3. The van der Waals surface area contributed by atoms with E-state index in [4.69, 9.17) is 0 Å². The maximum Gasteiger partial charge on any atom is 0.273 e. The second kappa shape index (κ2) is 6.60. The third-order valence-electron chi connectivity index (χ3n) is 4.30. The SMILES string of the molecule is Cc1nc(-c2ccc3cc(F)ccc3n2)ccc1NC(=O)c1ccnn1C. The number of carbonyl (C=O) groups is 1. The van der Waals surface area contributed by atoms with E-state index in [1.165, 1.54) is 16.8 Å². The predicted octanol–water partition coefficient (Wildman–Crippen LogP) is 3.73. The zero-order valence-corrected chi connectivity index (χ0v) is 14.8. The minimum absolute atomic E-state index is 0.251. The second-order valence-electron chi connectivity index (χ2n) is 6.16. The number of carbonyl (C=O) groups excluding carboxylic acids is 1. The Labute approximate surface area is 154 Å². The van der Waals surface area contributed by atoms with Crippen LogP contribution in [0.3, 0.4) is 0 Å². The Bertz CT molecular complexity index is 1170. The summed E-state index contributed by atoms with van der Waals surface area (Å²) in [7, 11) is 1.71. The number of anilines is 1. The minimum Gasteiger partial charge on any atom is -0.319 e. The van der Waals surface area contributed by atoms with E-state index >= 15 is 0 Å². The fourth-order valence-corrected chi connectivity index (χ4v) is 2.86. The maximum absolute atomic E-state index is 13.3. The molecule has 3 aromatic heterocycles. The number of amides is 1. The van der Waals surface area contributed by atoms with Crippen molar-refractivity contribution in [1.29, 1.82) is 0 Å². The number of pyridine rings is 2. The minimum atomic E-state index is -0.292. The van der Waals surface area contributed by atoms with Gasteiger partial charge in [-0.15, -0.1) is 0 Å². The van der Waals surface area contributed by atoms with Gasteiger partial charge in [0.05, 0.1) is 28.3 Å². The topological polar surface area (TPSA) is 72.7 Å². The van der Waals surface area contributed by atoms with Crippen LogP contribution in [-0.4, -0.2) is 25.7 Å². The first-order valence-corrected chi connectivity index (χ1v) is 8.35. The molecule has 1 amide bonds. The van der Waals surface area contributed by atoms with Gasteiger partial charge in [0.15, 0.2) is 0 Å². The van der Waals surface area contributed by atoms with Gasteiger partial charge in [-0.3, -0.25) is 9.48 Å². The van der Waals surface area contributed by atoms with Gasteiger partial charge in [-0.25, -0.2) is 14.4 Å². The summed E-state index contributed by atoms with van der Waals surface area (Å²) in [5.74, 6) is -0.543. The molecule has 0 saturated heterocycles. The number of rotatable bonds is 3. The van der Waals surface area contributed by atoms with E-state index in [2.05, 4.69) is 20.4 Å². The normalized spacial score (nSPS) is 10.9. The van der Waals surface area contributed by atoms with Crippen LogP contribution in [0, 0.1) is 12.7 Å². The molecule has 1 aromatic carbocycles. The molecule has 4 rings (SSSR count). The molecular formula is C20H16FN5O. The predicted molar refractivity (Wildman–Crippen MR) is 101 cm³/mol. The highest BCUT2D eigenvalue weighted by atomic mass is 19.1. The number of fused-ring (bicyclic) bond motifs is 1. The van der Waals surface area contributed by atoms with Crippen molar-refractivity contribution in [3.63, 3.8) is 0 Å². The molecule has 0 aliphatic rings. The molecule has 0 saturated carbocycles. The second-order valence-corrected chi connectivity index (χ2v) is 6.16. The van der Waals surface area contributed by atoms with Crippen LogP contribution in [0.25, 0.3) is 22.3 Å². The van der Waals surface area contributed by atoms with Gasteiger partial charge in [-0.05, 0) is 49.4 Å². The Kier molecular flexibility index (Phi) is 4.12. The van der Waals surface area contributed by atoms with Crippen LogP contribution in [0.2, 0.25) is 0 Å². The van der Waals surface area contributed by atoms with Crippen LogP contribution in [-0.2, 0) is 7.05 Å². The van der Waals surface area contributed by atoms with E-state index < -0.39 is 0 Å². The molecule has 0 unspecified atom stereocenters. The molecule has 0 aliphatic carbocycles. The van der Waals surface area contributed by atoms with Crippen molar-refractivity contribution >= 4 is 22.5 Å². The van der Waals surface area contributed by atoms with Crippen molar-refractivity contribution in [3.8, 4) is 11.4 Å². The molecule has 134 valence electrons. The number of aromatic nitrogens is 4. The van der Waals surface area contributed by atoms with Crippen LogP contribution in [0.5, 0.6) is 0 Å². The number of aryl methyl sites for hydroxylation is 2. The average Bonchev–Trinajstić information content (AvgIpc) is 3.09. The summed E-state index contributed by atoms with van der Waals surface area (Å²) in [4.78, 5) is 21.4. The van der Waals surface area contributed by atoms with Crippen molar-refractivity contribution in [2.24, 2.45) is 7.05 Å². The van der Waals surface area contributed by atoms with Gasteiger partial charge in [-0.1, -0.05) is 6.07 Å². The van der Waals surface area contributed by atoms with Gasteiger partial charge in [0.25, 0.3) is 5.91 Å². The highest BCUT2D eigenvalue weighted by molar-refractivity contribution is 6.03. The van der Waals surface area contributed by atoms with Crippen molar-refractivity contribution in [2.45, 2.75) is 6.92 Å². The Hall–Kier alpha value is -3.61. The first kappa shape index (κ1) is 16.8. The smallest absolute Gasteiger partial charge is 0.273 e. The lowest BCUT2D eigenvalue weighted by Gasteiger charge is -2.10. The van der Waals surface area contributed by atoms with Crippen molar-refractivity contribution < 1.29 is 9.18 Å². The molecule has 3 heterocycles. The number of benzene rings is 1. The lowest BCUT2D eigenvalue weighted by atomic mass is 10.1. The zero-order valence-electron chi connectivity index (χ0n) is 14.8. The quantitative estimate of drug-likeness (QED) is 0.603. The molecule has 0 radical (unpaired) electrons. The zero-order chi connectivity index (χ0) is 19.0. The summed E-state index contributed by atoms with van der Waals surface area (Å²) in [6.07, 6.45) is 1.57. The number of hydrogen-bond acceptors (Lipinski definition) is 4. The Morgan fingerprint density at radius 3 is 2.56 bits per heavy atom. The Morgan fingerprint density at radius 1 is 1.04 bits per heavy atom. The van der Waals surface area contributed by atoms with E-state index in [0.29, 0.717) is 34.0 Å². The lowest BCUT2D eigenvalue weighted by Crippen LogP contribution is -2.17. The summed E-state index contributed by atoms with van der Waals surface area (Å²) in [5, 5.41) is 7.57. The van der Waals surface area contributed by atoms with E-state index in [-0.39, 0.29) is 11.7 Å². The molecule has 0 aliphatic heterocycles. The lowest BCUT2D eigenvalue weighted by molar-refractivity contribution is 0.101. The molecule has 7 heteroatoms. The van der Waals surface area contributed by atoms with Gasteiger partial charge in [0, 0.05) is 18.6 Å². The van der Waals surface area contributed by atoms with Gasteiger partial charge in [-0.2, -0.15) is 5.10 Å².